The molecule has 0 amide bonds. The normalized spacial score (nSPS) is 14.6. The Kier molecular flexibility index (Phi) is 5.88. The fourth-order valence-corrected chi connectivity index (χ4v) is 1.31. The zero-order chi connectivity index (χ0) is 9.61. The van der Waals surface area contributed by atoms with Crippen LogP contribution in [0.25, 0.3) is 0 Å². The lowest BCUT2D eigenvalue weighted by atomic mass is 10.3. The molecule has 1 atom stereocenters. The van der Waals surface area contributed by atoms with E-state index in [1.54, 1.807) is 0 Å². The molecule has 5 heteroatoms. The maximum atomic E-state index is 10.7. The molecule has 0 aromatic rings. The van der Waals surface area contributed by atoms with Gasteiger partial charge in [0.2, 0.25) is 0 Å². The van der Waals surface area contributed by atoms with Crippen molar-refractivity contribution >= 4 is 21.4 Å². The summed E-state index contributed by atoms with van der Waals surface area (Å²) >= 11 is 5.69. The van der Waals surface area contributed by atoms with E-state index in [1.165, 1.54) is 6.26 Å². The fraction of sp³-hybridized carbons (Fsp3) is 1.00. The molecule has 12 heavy (non-hydrogen) atoms. The second-order valence-corrected chi connectivity index (χ2v) is 5.95. The van der Waals surface area contributed by atoms with E-state index in [4.69, 9.17) is 11.6 Å². The molecule has 0 aliphatic heterocycles. The zero-order valence-electron chi connectivity index (χ0n) is 7.51. The lowest BCUT2D eigenvalue weighted by Gasteiger charge is -2.04. The number of nitrogens with one attached hydrogen (secondary N) is 1. The van der Waals surface area contributed by atoms with Crippen molar-refractivity contribution < 1.29 is 8.42 Å². The quantitative estimate of drug-likeness (QED) is 0.520. The molecule has 0 saturated carbocycles. The Balaban J connectivity index is 3.23. The van der Waals surface area contributed by atoms with Gasteiger partial charge in [0, 0.05) is 18.2 Å². The third-order valence-corrected chi connectivity index (χ3v) is 2.53. The lowest BCUT2D eigenvalue weighted by molar-refractivity contribution is 0.594. The highest BCUT2D eigenvalue weighted by Gasteiger charge is 2.00. The molecule has 0 aliphatic rings. The molecule has 0 saturated heterocycles. The molecule has 0 aromatic heterocycles. The van der Waals surface area contributed by atoms with Crippen LogP contribution in [0.4, 0.5) is 0 Å². The summed E-state index contributed by atoms with van der Waals surface area (Å²) < 4.78 is 21.3. The number of hydrogen-bond acceptors (Lipinski definition) is 3. The van der Waals surface area contributed by atoms with Crippen molar-refractivity contribution in [2.24, 2.45) is 0 Å². The second-order valence-electron chi connectivity index (χ2n) is 2.95. The van der Waals surface area contributed by atoms with Crippen molar-refractivity contribution in [3.05, 3.63) is 0 Å². The average Bonchev–Trinajstić information content (AvgIpc) is 1.83. The number of rotatable bonds is 6. The van der Waals surface area contributed by atoms with Gasteiger partial charge >= 0.3 is 0 Å². The molecule has 0 bridgehead atoms. The summed E-state index contributed by atoms with van der Waals surface area (Å²) in [5, 5.41) is 3.16. The topological polar surface area (TPSA) is 46.2 Å². The minimum atomic E-state index is -2.82. The highest BCUT2D eigenvalue weighted by molar-refractivity contribution is 7.90. The molecule has 0 aromatic carbocycles. The van der Waals surface area contributed by atoms with E-state index in [0.29, 0.717) is 6.54 Å². The average molecular weight is 214 g/mol. The highest BCUT2D eigenvalue weighted by atomic mass is 35.5. The number of alkyl halides is 1. The Morgan fingerprint density at radius 3 is 2.42 bits per heavy atom. The van der Waals surface area contributed by atoms with Gasteiger partial charge in [0.05, 0.1) is 5.75 Å². The molecule has 0 heterocycles. The van der Waals surface area contributed by atoms with Crippen molar-refractivity contribution in [2.75, 3.05) is 25.1 Å². The van der Waals surface area contributed by atoms with Gasteiger partial charge in [-0.05, 0) is 19.9 Å². The third kappa shape index (κ3) is 10.2. The van der Waals surface area contributed by atoms with Gasteiger partial charge in [0.15, 0.2) is 0 Å². The lowest BCUT2D eigenvalue weighted by Crippen LogP contribution is -2.24. The van der Waals surface area contributed by atoms with Crippen molar-refractivity contribution in [3.63, 3.8) is 0 Å². The van der Waals surface area contributed by atoms with E-state index in [0.717, 1.165) is 13.0 Å². The molecule has 1 unspecified atom stereocenters. The van der Waals surface area contributed by atoms with E-state index >= 15 is 0 Å². The molecule has 0 spiro atoms. The number of hydrogen-bond donors (Lipinski definition) is 1. The summed E-state index contributed by atoms with van der Waals surface area (Å²) in [6.07, 6.45) is 2.10. The predicted molar refractivity (Wildman–Crippen MR) is 52.5 cm³/mol. The predicted octanol–water partition coefficient (Wildman–Crippen LogP) is 0.638. The number of sulfone groups is 1. The van der Waals surface area contributed by atoms with E-state index in [-0.39, 0.29) is 11.1 Å². The van der Waals surface area contributed by atoms with Crippen LogP contribution in [0.1, 0.15) is 13.3 Å². The Morgan fingerprint density at radius 2 is 2.00 bits per heavy atom. The summed E-state index contributed by atoms with van der Waals surface area (Å²) in [5.41, 5.74) is 0. The monoisotopic (exact) mass is 213 g/mol. The fourth-order valence-electron chi connectivity index (χ4n) is 0.684. The zero-order valence-corrected chi connectivity index (χ0v) is 9.08. The largest absolute Gasteiger partial charge is 0.316 e. The molecular formula is C7H16ClNO2S. The van der Waals surface area contributed by atoms with Crippen LogP contribution >= 0.6 is 11.6 Å². The molecular weight excluding hydrogens is 198 g/mol. The van der Waals surface area contributed by atoms with Crippen LogP contribution in [0.15, 0.2) is 0 Å². The minimum Gasteiger partial charge on any atom is -0.316 e. The van der Waals surface area contributed by atoms with Crippen LogP contribution < -0.4 is 5.32 Å². The van der Waals surface area contributed by atoms with Crippen LogP contribution in [0.5, 0.6) is 0 Å². The molecule has 74 valence electrons. The van der Waals surface area contributed by atoms with Gasteiger partial charge in [0.1, 0.15) is 9.84 Å². The molecule has 0 aliphatic carbocycles. The molecule has 0 radical (unpaired) electrons. The molecule has 0 rings (SSSR count). The van der Waals surface area contributed by atoms with Crippen molar-refractivity contribution in [3.8, 4) is 0 Å². The van der Waals surface area contributed by atoms with Gasteiger partial charge in [-0.2, -0.15) is 0 Å². The summed E-state index contributed by atoms with van der Waals surface area (Å²) in [7, 11) is -2.82. The van der Waals surface area contributed by atoms with E-state index in [2.05, 4.69) is 5.32 Å². The summed E-state index contributed by atoms with van der Waals surface area (Å²) in [5.74, 6) is 0.198. The first-order valence-electron chi connectivity index (χ1n) is 3.94. The Hall–Kier alpha value is 0.200. The van der Waals surface area contributed by atoms with Gasteiger partial charge in [-0.25, -0.2) is 8.42 Å². The Labute approximate surface area is 79.4 Å². The SMILES string of the molecule is CC(Cl)CCNCCS(C)(=O)=O. The van der Waals surface area contributed by atoms with Crippen LogP contribution in [0.3, 0.4) is 0 Å². The summed E-state index contributed by atoms with van der Waals surface area (Å²) in [6, 6.07) is 0. The van der Waals surface area contributed by atoms with E-state index in [9.17, 15) is 8.42 Å². The molecule has 3 nitrogen and oxygen atoms in total. The van der Waals surface area contributed by atoms with Gasteiger partial charge in [-0.1, -0.05) is 0 Å². The maximum Gasteiger partial charge on any atom is 0.148 e. The first kappa shape index (κ1) is 12.2. The third-order valence-electron chi connectivity index (χ3n) is 1.37. The van der Waals surface area contributed by atoms with Crippen LogP contribution in [0, 0.1) is 0 Å². The standard InChI is InChI=1S/C7H16ClNO2S/c1-7(8)3-4-9-5-6-12(2,10)11/h7,9H,3-6H2,1-2H3. The maximum absolute atomic E-state index is 10.7. The van der Waals surface area contributed by atoms with Crippen molar-refractivity contribution in [1.82, 2.24) is 5.32 Å². The van der Waals surface area contributed by atoms with Gasteiger partial charge < -0.3 is 5.32 Å². The second kappa shape index (κ2) is 5.78. The van der Waals surface area contributed by atoms with Crippen molar-refractivity contribution in [1.29, 1.82) is 0 Å². The Morgan fingerprint density at radius 1 is 1.42 bits per heavy atom. The summed E-state index contributed by atoms with van der Waals surface area (Å²) in [6.45, 7) is 3.21. The van der Waals surface area contributed by atoms with Crippen LogP contribution in [0.2, 0.25) is 0 Å². The Bertz CT molecular complexity index is 201. The number of halogens is 1. The minimum absolute atomic E-state index is 0.149. The first-order valence-corrected chi connectivity index (χ1v) is 6.44. The highest BCUT2D eigenvalue weighted by Crippen LogP contribution is 1.96. The summed E-state index contributed by atoms with van der Waals surface area (Å²) in [4.78, 5) is 0. The van der Waals surface area contributed by atoms with Gasteiger partial charge in [-0.15, -0.1) is 11.6 Å². The molecule has 0 fully saturated rings. The van der Waals surface area contributed by atoms with Gasteiger partial charge in [-0.3, -0.25) is 0 Å². The first-order chi connectivity index (χ1) is 5.42. The smallest absolute Gasteiger partial charge is 0.148 e. The van der Waals surface area contributed by atoms with E-state index < -0.39 is 9.84 Å². The van der Waals surface area contributed by atoms with Crippen LogP contribution in [-0.2, 0) is 9.84 Å². The van der Waals surface area contributed by atoms with Gasteiger partial charge in [0.25, 0.3) is 0 Å². The molecule has 1 N–H and O–H groups in total. The van der Waals surface area contributed by atoms with Crippen LogP contribution in [-0.4, -0.2) is 38.9 Å². The van der Waals surface area contributed by atoms with Crippen molar-refractivity contribution in [2.45, 2.75) is 18.7 Å². The van der Waals surface area contributed by atoms with E-state index in [1.807, 2.05) is 6.92 Å².